The first-order valence-corrected chi connectivity index (χ1v) is 10.6. The molecule has 2 aromatic carbocycles. The van der Waals surface area contributed by atoms with E-state index in [0.29, 0.717) is 17.7 Å². The molecule has 4 rings (SSSR count). The molecular weight excluding hydrogens is 442 g/mol. The lowest BCUT2D eigenvalue weighted by atomic mass is 9.96. The molecule has 0 aromatic heterocycles. The smallest absolute Gasteiger partial charge is 0.262 e. The average Bonchev–Trinajstić information content (AvgIpc) is 3.05. The van der Waals surface area contributed by atoms with E-state index in [0.717, 1.165) is 4.90 Å². The van der Waals surface area contributed by atoms with Gasteiger partial charge in [-0.05, 0) is 31.6 Å². The van der Waals surface area contributed by atoms with Gasteiger partial charge in [-0.15, -0.1) is 12.4 Å². The number of amides is 4. The zero-order valence-corrected chi connectivity index (χ0v) is 19.4. The minimum Gasteiger partial charge on any atom is -0.308 e. The van der Waals surface area contributed by atoms with Crippen molar-refractivity contribution in [1.29, 1.82) is 0 Å². The van der Waals surface area contributed by atoms with E-state index in [4.69, 9.17) is 0 Å². The predicted octanol–water partition coefficient (Wildman–Crippen LogP) is 2.47. The van der Waals surface area contributed by atoms with Gasteiger partial charge in [0, 0.05) is 19.5 Å². The van der Waals surface area contributed by atoms with Crippen LogP contribution in [0.25, 0.3) is 11.1 Å². The number of halogens is 1. The number of benzene rings is 2. The lowest BCUT2D eigenvalue weighted by Crippen LogP contribution is -2.57. The molecule has 0 N–H and O–H groups in total. The van der Waals surface area contributed by atoms with Crippen LogP contribution in [0.2, 0.25) is 0 Å². The van der Waals surface area contributed by atoms with E-state index in [-0.39, 0.29) is 48.8 Å². The van der Waals surface area contributed by atoms with Gasteiger partial charge in [-0.25, -0.2) is 0 Å². The largest absolute Gasteiger partial charge is 0.308 e. The highest BCUT2D eigenvalue weighted by Gasteiger charge is 2.48. The summed E-state index contributed by atoms with van der Waals surface area (Å²) in [6.07, 6.45) is 0.250. The number of likely N-dealkylation sites (tertiary alicyclic amines) is 1. The number of nitrogens with zero attached hydrogens (tertiary/aromatic N) is 3. The lowest BCUT2D eigenvalue weighted by Gasteiger charge is -2.35. The summed E-state index contributed by atoms with van der Waals surface area (Å²) < 4.78 is 0. The first-order chi connectivity index (χ1) is 15.4. The number of carbonyl (C=O) groups excluding carboxylic acids is 4. The van der Waals surface area contributed by atoms with Gasteiger partial charge in [0.05, 0.1) is 11.1 Å². The van der Waals surface area contributed by atoms with Crippen LogP contribution in [0, 0.1) is 0 Å². The zero-order chi connectivity index (χ0) is 22.8. The Kier molecular flexibility index (Phi) is 7.46. The minimum absolute atomic E-state index is 0. The average molecular weight is 468 g/mol. The van der Waals surface area contributed by atoms with E-state index in [1.54, 1.807) is 48.5 Å². The number of likely N-dealkylation sites (N-methyl/N-ethyl adjacent to an activating group) is 1. The predicted molar refractivity (Wildman–Crippen MR) is 127 cm³/mol. The Morgan fingerprint density at radius 3 is 1.76 bits per heavy atom. The number of hydrogen-bond acceptors (Lipinski definition) is 5. The van der Waals surface area contributed by atoms with Crippen molar-refractivity contribution >= 4 is 47.2 Å². The molecule has 4 amide bonds. The van der Waals surface area contributed by atoms with Crippen molar-refractivity contribution in [3.05, 3.63) is 71.8 Å². The van der Waals surface area contributed by atoms with Gasteiger partial charge in [-0.3, -0.25) is 29.0 Å². The van der Waals surface area contributed by atoms with Crippen molar-refractivity contribution in [2.75, 3.05) is 27.2 Å². The highest BCUT2D eigenvalue weighted by molar-refractivity contribution is 6.49. The second-order valence-electron chi connectivity index (χ2n) is 8.20. The molecule has 8 heteroatoms. The van der Waals surface area contributed by atoms with E-state index in [9.17, 15) is 19.2 Å². The molecule has 1 saturated heterocycles. The van der Waals surface area contributed by atoms with Crippen LogP contribution in [0.1, 0.15) is 24.0 Å². The van der Waals surface area contributed by atoms with Crippen molar-refractivity contribution in [1.82, 2.24) is 14.7 Å². The van der Waals surface area contributed by atoms with Crippen LogP contribution >= 0.6 is 12.4 Å². The Morgan fingerprint density at radius 1 is 0.818 bits per heavy atom. The standard InChI is InChI=1S/C25H25N3O4.ClH/c1-26(2)15-16-27-20(29)14-13-19(23(27)30)28-24(31)21(17-9-5-3-6-10-17)22(25(28)32)18-11-7-4-8-12-18;/h3-12,19H,13-16H2,1-2H3;1H. The lowest BCUT2D eigenvalue weighted by molar-refractivity contribution is -0.158. The maximum atomic E-state index is 13.6. The molecule has 1 unspecified atom stereocenters. The monoisotopic (exact) mass is 467 g/mol. The van der Waals surface area contributed by atoms with Crippen LogP contribution < -0.4 is 0 Å². The second-order valence-corrected chi connectivity index (χ2v) is 8.20. The quantitative estimate of drug-likeness (QED) is 0.610. The molecule has 2 aromatic rings. The molecule has 33 heavy (non-hydrogen) atoms. The number of piperidine rings is 1. The van der Waals surface area contributed by atoms with Gasteiger partial charge in [0.25, 0.3) is 17.7 Å². The highest BCUT2D eigenvalue weighted by Crippen LogP contribution is 2.38. The number of imide groups is 2. The number of carbonyl (C=O) groups is 4. The SMILES string of the molecule is CN(C)CCN1C(=O)CCC(N2C(=O)C(c3ccccc3)=C(c3ccccc3)C2=O)C1=O.Cl. The Balaban J connectivity index is 0.00000306. The molecule has 1 fully saturated rings. The third kappa shape index (κ3) is 4.60. The summed E-state index contributed by atoms with van der Waals surface area (Å²) in [5.74, 6) is -1.76. The number of hydrogen-bond donors (Lipinski definition) is 0. The number of rotatable bonds is 6. The molecule has 2 heterocycles. The van der Waals surface area contributed by atoms with Crippen molar-refractivity contribution < 1.29 is 19.2 Å². The Hall–Kier alpha value is -3.29. The van der Waals surface area contributed by atoms with Crippen molar-refractivity contribution in [3.8, 4) is 0 Å². The first-order valence-electron chi connectivity index (χ1n) is 10.6. The van der Waals surface area contributed by atoms with Gasteiger partial charge < -0.3 is 4.90 Å². The van der Waals surface area contributed by atoms with Crippen molar-refractivity contribution in [2.24, 2.45) is 0 Å². The van der Waals surface area contributed by atoms with Crippen LogP contribution in [-0.4, -0.2) is 71.6 Å². The molecule has 0 spiro atoms. The zero-order valence-electron chi connectivity index (χ0n) is 18.6. The fourth-order valence-corrected chi connectivity index (χ4v) is 4.17. The third-order valence-corrected chi connectivity index (χ3v) is 5.81. The van der Waals surface area contributed by atoms with Crippen LogP contribution in [0.15, 0.2) is 60.7 Å². The summed E-state index contributed by atoms with van der Waals surface area (Å²) in [6, 6.07) is 17.0. The summed E-state index contributed by atoms with van der Waals surface area (Å²) in [6.45, 7) is 0.733. The van der Waals surface area contributed by atoms with E-state index in [1.165, 1.54) is 4.90 Å². The Labute approximate surface area is 199 Å². The van der Waals surface area contributed by atoms with E-state index in [1.807, 2.05) is 31.1 Å². The van der Waals surface area contributed by atoms with Gasteiger partial charge in [0.1, 0.15) is 6.04 Å². The van der Waals surface area contributed by atoms with Gasteiger partial charge >= 0.3 is 0 Å². The highest BCUT2D eigenvalue weighted by atomic mass is 35.5. The van der Waals surface area contributed by atoms with Crippen LogP contribution in [0.3, 0.4) is 0 Å². The summed E-state index contributed by atoms with van der Waals surface area (Å²) in [7, 11) is 3.71. The molecule has 1 atom stereocenters. The normalized spacial score (nSPS) is 18.9. The first kappa shape index (κ1) is 24.4. The molecule has 7 nitrogen and oxygen atoms in total. The molecule has 0 saturated carbocycles. The molecule has 172 valence electrons. The van der Waals surface area contributed by atoms with Crippen LogP contribution in [0.5, 0.6) is 0 Å². The van der Waals surface area contributed by atoms with Crippen molar-refractivity contribution in [2.45, 2.75) is 18.9 Å². The summed E-state index contributed by atoms with van der Waals surface area (Å²) >= 11 is 0. The maximum absolute atomic E-state index is 13.6. The maximum Gasteiger partial charge on any atom is 0.262 e. The summed E-state index contributed by atoms with van der Waals surface area (Å²) in [5, 5.41) is 0. The van der Waals surface area contributed by atoms with E-state index >= 15 is 0 Å². The minimum atomic E-state index is -0.991. The van der Waals surface area contributed by atoms with Gasteiger partial charge in [0.2, 0.25) is 5.91 Å². The Morgan fingerprint density at radius 2 is 1.30 bits per heavy atom. The molecule has 0 aliphatic carbocycles. The molecule has 0 bridgehead atoms. The molecule has 0 radical (unpaired) electrons. The van der Waals surface area contributed by atoms with Crippen LogP contribution in [0.4, 0.5) is 0 Å². The molecule has 2 aliphatic heterocycles. The van der Waals surface area contributed by atoms with Crippen LogP contribution in [-0.2, 0) is 19.2 Å². The van der Waals surface area contributed by atoms with Crippen molar-refractivity contribution in [3.63, 3.8) is 0 Å². The van der Waals surface area contributed by atoms with E-state index < -0.39 is 23.8 Å². The summed E-state index contributed by atoms with van der Waals surface area (Å²) in [5.41, 5.74) is 1.81. The fourth-order valence-electron chi connectivity index (χ4n) is 4.17. The van der Waals surface area contributed by atoms with Gasteiger partial charge in [0.15, 0.2) is 0 Å². The molecular formula is C25H26ClN3O4. The fraction of sp³-hybridized carbons (Fsp3) is 0.280. The van der Waals surface area contributed by atoms with Gasteiger partial charge in [-0.1, -0.05) is 60.7 Å². The Bertz CT molecular complexity index is 1040. The van der Waals surface area contributed by atoms with E-state index in [2.05, 4.69) is 0 Å². The topological polar surface area (TPSA) is 78.0 Å². The second kappa shape index (κ2) is 10.1. The third-order valence-electron chi connectivity index (χ3n) is 5.81. The van der Waals surface area contributed by atoms with Gasteiger partial charge in [-0.2, -0.15) is 0 Å². The summed E-state index contributed by atoms with van der Waals surface area (Å²) in [4.78, 5) is 56.9. The molecule has 2 aliphatic rings.